The number of hydrogen-bond acceptors (Lipinski definition) is 7. The lowest BCUT2D eigenvalue weighted by atomic mass is 10.2. The Balaban J connectivity index is 1.99. The van der Waals surface area contributed by atoms with E-state index in [0.29, 0.717) is 21.9 Å². The largest absolute Gasteiger partial charge is 0.493 e. The molecular formula is C16H16N2O5S. The molecule has 0 aliphatic carbocycles. The minimum Gasteiger partial charge on any atom is -0.493 e. The Morgan fingerprint density at radius 2 is 2.08 bits per heavy atom. The number of rotatable bonds is 7. The van der Waals surface area contributed by atoms with Gasteiger partial charge in [0.25, 0.3) is 5.91 Å². The summed E-state index contributed by atoms with van der Waals surface area (Å²) in [6.07, 6.45) is 1.48. The summed E-state index contributed by atoms with van der Waals surface area (Å²) in [6, 6.07) is 8.54. The summed E-state index contributed by atoms with van der Waals surface area (Å²) >= 11 is 1.33. The monoisotopic (exact) mass is 348 g/mol. The van der Waals surface area contributed by atoms with Crippen molar-refractivity contribution < 1.29 is 23.8 Å². The molecule has 8 heteroatoms. The Labute approximate surface area is 142 Å². The van der Waals surface area contributed by atoms with E-state index in [1.807, 2.05) is 5.38 Å². The maximum atomic E-state index is 11.7. The smallest absolute Gasteiger partial charge is 0.343 e. The van der Waals surface area contributed by atoms with Crippen molar-refractivity contribution in [2.45, 2.75) is 0 Å². The fourth-order valence-corrected chi connectivity index (χ4v) is 2.32. The summed E-state index contributed by atoms with van der Waals surface area (Å²) in [5.74, 6) is 0.0836. The van der Waals surface area contributed by atoms with Gasteiger partial charge < -0.3 is 14.2 Å². The highest BCUT2D eigenvalue weighted by atomic mass is 32.1. The maximum absolute atomic E-state index is 11.7. The lowest BCUT2D eigenvalue weighted by molar-refractivity contribution is -0.142. The van der Waals surface area contributed by atoms with Crippen molar-refractivity contribution in [2.75, 3.05) is 20.8 Å². The van der Waals surface area contributed by atoms with E-state index in [-0.39, 0.29) is 12.5 Å². The summed E-state index contributed by atoms with van der Waals surface area (Å²) in [7, 11) is 2.77. The van der Waals surface area contributed by atoms with E-state index < -0.39 is 5.97 Å². The number of nitrogens with one attached hydrogen (secondary N) is 1. The molecule has 1 aromatic carbocycles. The van der Waals surface area contributed by atoms with Crippen molar-refractivity contribution in [1.82, 2.24) is 5.43 Å². The molecule has 1 heterocycles. The van der Waals surface area contributed by atoms with E-state index in [4.69, 9.17) is 9.47 Å². The van der Waals surface area contributed by atoms with Crippen LogP contribution in [0.4, 0.5) is 0 Å². The number of hydrazone groups is 1. The van der Waals surface area contributed by atoms with E-state index in [0.717, 1.165) is 0 Å². The van der Waals surface area contributed by atoms with Gasteiger partial charge in [-0.3, -0.25) is 4.79 Å². The van der Waals surface area contributed by atoms with Crippen molar-refractivity contribution in [3.8, 4) is 11.5 Å². The molecule has 1 amide bonds. The number of methoxy groups -OCH3 is 2. The summed E-state index contributed by atoms with van der Waals surface area (Å²) in [5, 5.41) is 5.72. The predicted molar refractivity (Wildman–Crippen MR) is 89.9 cm³/mol. The second-order valence-electron chi connectivity index (χ2n) is 4.45. The predicted octanol–water partition coefficient (Wildman–Crippen LogP) is 2.07. The van der Waals surface area contributed by atoms with Crippen LogP contribution in [0.15, 0.2) is 40.8 Å². The first-order valence-corrected chi connectivity index (χ1v) is 7.76. The topological polar surface area (TPSA) is 86.2 Å². The average molecular weight is 348 g/mol. The van der Waals surface area contributed by atoms with Gasteiger partial charge in [0.05, 0.1) is 25.3 Å². The zero-order valence-corrected chi connectivity index (χ0v) is 14.0. The number of ether oxygens (including phenoxy) is 3. The quantitative estimate of drug-likeness (QED) is 0.470. The van der Waals surface area contributed by atoms with Crippen LogP contribution in [0.1, 0.15) is 15.2 Å². The van der Waals surface area contributed by atoms with Gasteiger partial charge in [-0.25, -0.2) is 10.2 Å². The molecule has 2 aromatic rings. The molecule has 0 bridgehead atoms. The minimum absolute atomic E-state index is 0.211. The van der Waals surface area contributed by atoms with E-state index in [2.05, 4.69) is 15.3 Å². The highest BCUT2D eigenvalue weighted by Crippen LogP contribution is 2.27. The molecule has 7 nitrogen and oxygen atoms in total. The Hall–Kier alpha value is -2.87. The van der Waals surface area contributed by atoms with Crippen LogP contribution in [-0.4, -0.2) is 38.9 Å². The first-order chi connectivity index (χ1) is 11.6. The third-order valence-corrected chi connectivity index (χ3v) is 3.75. The number of carbonyl (C=O) groups is 2. The number of thiophene rings is 1. The Kier molecular flexibility index (Phi) is 6.32. The fourth-order valence-electron chi connectivity index (χ4n) is 1.71. The van der Waals surface area contributed by atoms with Crippen molar-refractivity contribution >= 4 is 29.4 Å². The molecule has 0 saturated heterocycles. The number of esters is 1. The van der Waals surface area contributed by atoms with E-state index in [9.17, 15) is 9.59 Å². The summed E-state index contributed by atoms with van der Waals surface area (Å²) in [5.41, 5.74) is 3.14. The van der Waals surface area contributed by atoms with Crippen molar-refractivity contribution in [2.24, 2.45) is 5.10 Å². The van der Waals surface area contributed by atoms with Crippen LogP contribution < -0.4 is 14.9 Å². The van der Waals surface area contributed by atoms with Crippen molar-refractivity contribution in [3.63, 3.8) is 0 Å². The molecular weight excluding hydrogens is 332 g/mol. The first-order valence-electron chi connectivity index (χ1n) is 6.88. The van der Waals surface area contributed by atoms with Gasteiger partial charge in [0.15, 0.2) is 18.1 Å². The number of carbonyl (C=O) groups excluding carboxylic acids is 2. The molecule has 0 aliphatic rings. The van der Waals surface area contributed by atoms with Gasteiger partial charge in [-0.1, -0.05) is 6.07 Å². The van der Waals surface area contributed by atoms with Crippen LogP contribution in [0.5, 0.6) is 11.5 Å². The molecule has 0 radical (unpaired) electrons. The normalized spacial score (nSPS) is 10.4. The van der Waals surface area contributed by atoms with Crippen LogP contribution in [-0.2, 0) is 9.53 Å². The summed E-state index contributed by atoms with van der Waals surface area (Å²) in [6.45, 7) is -0.211. The Morgan fingerprint density at radius 1 is 1.25 bits per heavy atom. The second-order valence-corrected chi connectivity index (χ2v) is 5.40. The zero-order chi connectivity index (χ0) is 17.4. The van der Waals surface area contributed by atoms with Crippen LogP contribution in [0, 0.1) is 0 Å². The van der Waals surface area contributed by atoms with Crippen molar-refractivity contribution in [3.05, 3.63) is 46.2 Å². The second kappa shape index (κ2) is 8.68. The number of benzene rings is 1. The SMILES string of the molecule is COC(=O)COc1ccc(/C=N/NC(=O)c2cccs2)cc1OC. The van der Waals surface area contributed by atoms with Gasteiger partial charge in [0.1, 0.15) is 0 Å². The number of hydrogen-bond donors (Lipinski definition) is 1. The molecule has 0 spiro atoms. The molecule has 1 aromatic heterocycles. The molecule has 0 fully saturated rings. The van der Waals surface area contributed by atoms with E-state index in [1.54, 1.807) is 30.3 Å². The third-order valence-electron chi connectivity index (χ3n) is 2.89. The molecule has 0 aliphatic heterocycles. The Bertz CT molecular complexity index is 728. The molecule has 126 valence electrons. The van der Waals surface area contributed by atoms with Crippen LogP contribution >= 0.6 is 11.3 Å². The van der Waals surface area contributed by atoms with Gasteiger partial charge >= 0.3 is 5.97 Å². The van der Waals surface area contributed by atoms with Crippen LogP contribution in [0.25, 0.3) is 0 Å². The van der Waals surface area contributed by atoms with Gasteiger partial charge in [-0.15, -0.1) is 11.3 Å². The van der Waals surface area contributed by atoms with Crippen LogP contribution in [0.2, 0.25) is 0 Å². The molecule has 0 saturated carbocycles. The van der Waals surface area contributed by atoms with E-state index in [1.165, 1.54) is 31.8 Å². The standard InChI is InChI=1S/C16H16N2O5S/c1-21-13-8-11(5-6-12(13)23-10-15(19)22-2)9-17-18-16(20)14-4-3-7-24-14/h3-9H,10H2,1-2H3,(H,18,20)/b17-9+. The van der Waals surface area contributed by atoms with E-state index >= 15 is 0 Å². The number of nitrogens with zero attached hydrogens (tertiary/aromatic N) is 1. The van der Waals surface area contributed by atoms with Gasteiger partial charge in [0, 0.05) is 0 Å². The molecule has 1 N–H and O–H groups in total. The molecule has 24 heavy (non-hydrogen) atoms. The average Bonchev–Trinajstić information content (AvgIpc) is 3.14. The summed E-state index contributed by atoms with van der Waals surface area (Å²) in [4.78, 5) is 23.4. The van der Waals surface area contributed by atoms with Crippen LogP contribution in [0.3, 0.4) is 0 Å². The van der Waals surface area contributed by atoms with Gasteiger partial charge in [-0.05, 0) is 35.2 Å². The lowest BCUT2D eigenvalue weighted by Crippen LogP contribution is -2.16. The highest BCUT2D eigenvalue weighted by Gasteiger charge is 2.08. The molecule has 2 rings (SSSR count). The van der Waals surface area contributed by atoms with Gasteiger partial charge in [0.2, 0.25) is 0 Å². The summed E-state index contributed by atoms with van der Waals surface area (Å²) < 4.78 is 15.0. The minimum atomic E-state index is -0.487. The van der Waals surface area contributed by atoms with Crippen molar-refractivity contribution in [1.29, 1.82) is 0 Å². The molecule has 0 atom stereocenters. The highest BCUT2D eigenvalue weighted by molar-refractivity contribution is 7.12. The first kappa shape index (κ1) is 17.5. The fraction of sp³-hybridized carbons (Fsp3) is 0.188. The maximum Gasteiger partial charge on any atom is 0.343 e. The third kappa shape index (κ3) is 4.82. The number of amides is 1. The molecule has 0 unspecified atom stereocenters. The zero-order valence-electron chi connectivity index (χ0n) is 13.1. The Morgan fingerprint density at radius 3 is 2.75 bits per heavy atom. The lowest BCUT2D eigenvalue weighted by Gasteiger charge is -2.10. The van der Waals surface area contributed by atoms with Gasteiger partial charge in [-0.2, -0.15) is 5.10 Å².